The summed E-state index contributed by atoms with van der Waals surface area (Å²) in [5.41, 5.74) is 0.844. The Morgan fingerprint density at radius 1 is 1.37 bits per heavy atom. The molecule has 19 heavy (non-hydrogen) atoms. The lowest BCUT2D eigenvalue weighted by Crippen LogP contribution is -2.00. The maximum atomic E-state index is 11.2. The third-order valence-corrected chi connectivity index (χ3v) is 2.54. The Kier molecular flexibility index (Phi) is 7.03. The third kappa shape index (κ3) is 5.34. The molecule has 4 nitrogen and oxygen atoms in total. The van der Waals surface area contributed by atoms with Gasteiger partial charge in [-0.15, -0.1) is 0 Å². The van der Waals surface area contributed by atoms with E-state index in [1.807, 2.05) is 12.1 Å². The van der Waals surface area contributed by atoms with E-state index in [-0.39, 0.29) is 5.97 Å². The monoisotopic (exact) mass is 328 g/mol. The number of ether oxygens (including phenoxy) is 3. The quantitative estimate of drug-likeness (QED) is 0.438. The highest BCUT2D eigenvalue weighted by Gasteiger charge is 2.04. The Bertz CT molecular complexity index is 443. The summed E-state index contributed by atoms with van der Waals surface area (Å²) in [6.07, 6.45) is 3.06. The molecule has 0 spiro atoms. The zero-order valence-corrected chi connectivity index (χ0v) is 12.6. The third-order valence-electron chi connectivity index (χ3n) is 2.22. The number of rotatable bonds is 7. The van der Waals surface area contributed by atoms with E-state index < -0.39 is 0 Å². The van der Waals surface area contributed by atoms with Crippen LogP contribution in [0.1, 0.15) is 12.5 Å². The van der Waals surface area contributed by atoms with Gasteiger partial charge in [0.2, 0.25) is 0 Å². The van der Waals surface area contributed by atoms with Gasteiger partial charge in [-0.2, -0.15) is 0 Å². The molecule has 0 amide bonds. The van der Waals surface area contributed by atoms with E-state index in [4.69, 9.17) is 14.2 Å². The molecule has 0 N–H and O–H groups in total. The van der Waals surface area contributed by atoms with Gasteiger partial charge in [0.05, 0.1) is 20.3 Å². The molecule has 5 heteroatoms. The van der Waals surface area contributed by atoms with E-state index in [2.05, 4.69) is 15.9 Å². The second kappa shape index (κ2) is 8.58. The molecule has 1 rings (SSSR count). The number of hydrogen-bond acceptors (Lipinski definition) is 4. The molecule has 0 aromatic heterocycles. The van der Waals surface area contributed by atoms with Crippen LogP contribution < -0.4 is 9.47 Å². The lowest BCUT2D eigenvalue weighted by Gasteiger charge is -2.10. The summed E-state index contributed by atoms with van der Waals surface area (Å²) >= 11 is 3.29. The van der Waals surface area contributed by atoms with Crippen molar-refractivity contribution in [2.75, 3.05) is 25.7 Å². The molecular weight excluding hydrogens is 312 g/mol. The van der Waals surface area contributed by atoms with Crippen molar-refractivity contribution in [3.8, 4) is 11.5 Å². The van der Waals surface area contributed by atoms with Crippen LogP contribution in [0.25, 0.3) is 6.08 Å². The van der Waals surface area contributed by atoms with E-state index in [0.717, 1.165) is 10.9 Å². The zero-order chi connectivity index (χ0) is 14.1. The van der Waals surface area contributed by atoms with Crippen LogP contribution in [0.4, 0.5) is 0 Å². The minimum Gasteiger partial charge on any atom is -0.493 e. The van der Waals surface area contributed by atoms with Gasteiger partial charge in [-0.25, -0.2) is 4.79 Å². The summed E-state index contributed by atoms with van der Waals surface area (Å²) in [4.78, 5) is 11.2. The van der Waals surface area contributed by atoms with Crippen molar-refractivity contribution < 1.29 is 19.0 Å². The number of benzene rings is 1. The van der Waals surface area contributed by atoms with Crippen LogP contribution in [0.3, 0.4) is 0 Å². The molecule has 104 valence electrons. The van der Waals surface area contributed by atoms with E-state index in [0.29, 0.717) is 24.7 Å². The Hall–Kier alpha value is -1.49. The van der Waals surface area contributed by atoms with Gasteiger partial charge >= 0.3 is 5.97 Å². The normalized spacial score (nSPS) is 10.5. The fraction of sp³-hybridized carbons (Fsp3) is 0.357. The highest BCUT2D eigenvalue weighted by atomic mass is 79.9. The summed E-state index contributed by atoms with van der Waals surface area (Å²) < 4.78 is 15.6. The van der Waals surface area contributed by atoms with Crippen LogP contribution in [0.5, 0.6) is 11.5 Å². The minimum absolute atomic E-state index is 0.360. The summed E-state index contributed by atoms with van der Waals surface area (Å²) in [5.74, 6) is 0.947. The molecule has 0 heterocycles. The molecule has 0 saturated heterocycles. The highest BCUT2D eigenvalue weighted by Crippen LogP contribution is 2.28. The molecule has 0 aliphatic carbocycles. The maximum Gasteiger partial charge on any atom is 0.330 e. The van der Waals surface area contributed by atoms with Gasteiger partial charge in [0.1, 0.15) is 0 Å². The predicted molar refractivity (Wildman–Crippen MR) is 78.0 cm³/mol. The number of carbonyl (C=O) groups excluding carboxylic acids is 1. The topological polar surface area (TPSA) is 44.8 Å². The molecule has 0 fully saturated rings. The maximum absolute atomic E-state index is 11.2. The first-order valence-corrected chi connectivity index (χ1v) is 7.05. The molecule has 0 aliphatic heterocycles. The van der Waals surface area contributed by atoms with Crippen LogP contribution >= 0.6 is 15.9 Å². The molecule has 0 radical (unpaired) electrons. The van der Waals surface area contributed by atoms with Crippen molar-refractivity contribution in [3.63, 3.8) is 0 Å². The smallest absolute Gasteiger partial charge is 0.330 e. The summed E-state index contributed by atoms with van der Waals surface area (Å²) in [6, 6.07) is 5.47. The molecular formula is C14H17BrO4. The standard InChI is InChI=1S/C14H17BrO4/c1-3-18-14(16)7-5-11-4-6-12(19-9-8-15)13(10-11)17-2/h4-7,10H,3,8-9H2,1-2H3/b7-5+. The number of methoxy groups -OCH3 is 1. The van der Waals surface area contributed by atoms with Gasteiger partial charge in [0.15, 0.2) is 11.5 Å². The number of halogens is 1. The SMILES string of the molecule is CCOC(=O)/C=C/c1ccc(OCCBr)c(OC)c1. The predicted octanol–water partition coefficient (Wildman–Crippen LogP) is 3.05. The number of esters is 1. The number of carbonyl (C=O) groups is 1. The lowest BCUT2D eigenvalue weighted by molar-refractivity contribution is -0.137. The van der Waals surface area contributed by atoms with E-state index >= 15 is 0 Å². The molecule has 0 bridgehead atoms. The fourth-order valence-corrected chi connectivity index (χ4v) is 1.57. The Morgan fingerprint density at radius 2 is 2.16 bits per heavy atom. The molecule has 1 aromatic rings. The van der Waals surface area contributed by atoms with Crippen molar-refractivity contribution >= 4 is 28.0 Å². The second-order valence-corrected chi connectivity index (χ2v) is 4.33. The summed E-state index contributed by atoms with van der Waals surface area (Å²) in [5, 5.41) is 0.751. The van der Waals surface area contributed by atoms with E-state index in [1.54, 1.807) is 26.2 Å². The number of alkyl halides is 1. The first-order valence-electron chi connectivity index (χ1n) is 5.93. The summed E-state index contributed by atoms with van der Waals surface area (Å²) in [7, 11) is 1.58. The van der Waals surface area contributed by atoms with Gasteiger partial charge in [0.25, 0.3) is 0 Å². The van der Waals surface area contributed by atoms with Crippen molar-refractivity contribution in [2.45, 2.75) is 6.92 Å². The van der Waals surface area contributed by atoms with Crippen molar-refractivity contribution in [1.82, 2.24) is 0 Å². The summed E-state index contributed by atoms with van der Waals surface area (Å²) in [6.45, 7) is 2.70. The van der Waals surface area contributed by atoms with Crippen molar-refractivity contribution in [3.05, 3.63) is 29.8 Å². The first-order chi connectivity index (χ1) is 9.21. The highest BCUT2D eigenvalue weighted by molar-refractivity contribution is 9.09. The van der Waals surface area contributed by atoms with Gasteiger partial charge < -0.3 is 14.2 Å². The van der Waals surface area contributed by atoms with E-state index in [1.165, 1.54) is 6.08 Å². The molecule has 0 unspecified atom stereocenters. The molecule has 0 atom stereocenters. The van der Waals surface area contributed by atoms with Gasteiger partial charge in [0, 0.05) is 11.4 Å². The zero-order valence-electron chi connectivity index (χ0n) is 11.0. The van der Waals surface area contributed by atoms with Crippen LogP contribution in [-0.4, -0.2) is 31.6 Å². The second-order valence-electron chi connectivity index (χ2n) is 3.53. The van der Waals surface area contributed by atoms with Gasteiger partial charge in [-0.05, 0) is 30.7 Å². The minimum atomic E-state index is -0.360. The van der Waals surface area contributed by atoms with Crippen LogP contribution in [0.2, 0.25) is 0 Å². The average Bonchev–Trinajstić information content (AvgIpc) is 2.43. The molecule has 0 aliphatic rings. The van der Waals surface area contributed by atoms with Crippen LogP contribution in [0.15, 0.2) is 24.3 Å². The van der Waals surface area contributed by atoms with Gasteiger partial charge in [-0.1, -0.05) is 22.0 Å². The van der Waals surface area contributed by atoms with Crippen molar-refractivity contribution in [1.29, 1.82) is 0 Å². The Labute approximate surface area is 121 Å². The fourth-order valence-electron chi connectivity index (χ4n) is 1.41. The van der Waals surface area contributed by atoms with Crippen LogP contribution in [0, 0.1) is 0 Å². The Morgan fingerprint density at radius 3 is 2.79 bits per heavy atom. The van der Waals surface area contributed by atoms with Crippen molar-refractivity contribution in [2.24, 2.45) is 0 Å². The molecule has 0 saturated carbocycles. The number of hydrogen-bond donors (Lipinski definition) is 0. The average molecular weight is 329 g/mol. The first kappa shape index (κ1) is 15.6. The van der Waals surface area contributed by atoms with E-state index in [9.17, 15) is 4.79 Å². The van der Waals surface area contributed by atoms with Gasteiger partial charge in [-0.3, -0.25) is 0 Å². The lowest BCUT2D eigenvalue weighted by atomic mass is 10.2. The Balaban J connectivity index is 2.78. The molecule has 1 aromatic carbocycles. The largest absolute Gasteiger partial charge is 0.493 e. The van der Waals surface area contributed by atoms with Crippen LogP contribution in [-0.2, 0) is 9.53 Å².